The summed E-state index contributed by atoms with van der Waals surface area (Å²) >= 11 is 0. The van der Waals surface area contributed by atoms with Crippen LogP contribution in [0.1, 0.15) is 116 Å². The number of carbonyl (C=O) groups is 6. The van der Waals surface area contributed by atoms with Crippen LogP contribution in [0.3, 0.4) is 0 Å². The molecule has 0 radical (unpaired) electrons. The van der Waals surface area contributed by atoms with Gasteiger partial charge in [0.2, 0.25) is 18.0 Å². The Hall–Kier alpha value is -5.62. The molecular formula is C50H62FN3O14. The van der Waals surface area contributed by atoms with Gasteiger partial charge in [-0.2, -0.15) is 0 Å². The van der Waals surface area contributed by atoms with Crippen molar-refractivity contribution in [3.63, 3.8) is 0 Å². The lowest BCUT2D eigenvalue weighted by atomic mass is 9.46. The molecule has 8 atom stereocenters. The normalized spacial score (nSPS) is 29.9. The lowest BCUT2D eigenvalue weighted by molar-refractivity contribution is -0.181. The summed E-state index contributed by atoms with van der Waals surface area (Å²) in [7, 11) is 1.37. The summed E-state index contributed by atoms with van der Waals surface area (Å²) in [6, 6.07) is 0.583. The van der Waals surface area contributed by atoms with Gasteiger partial charge in [-0.05, 0) is 103 Å². The van der Waals surface area contributed by atoms with Crippen LogP contribution in [-0.2, 0) is 38.1 Å². The first-order valence-corrected chi connectivity index (χ1v) is 23.6. The van der Waals surface area contributed by atoms with Crippen LogP contribution in [0.15, 0.2) is 40.9 Å². The maximum absolute atomic E-state index is 16.2. The molecule has 1 aromatic carbocycles. The zero-order valence-electron chi connectivity index (χ0n) is 39.8. The third-order valence-electron chi connectivity index (χ3n) is 15.6. The van der Waals surface area contributed by atoms with Crippen LogP contribution in [0.25, 0.3) is 10.9 Å². The van der Waals surface area contributed by atoms with Crippen molar-refractivity contribution in [1.82, 2.24) is 9.47 Å². The number of fused-ring (bicyclic) bond motifs is 6. The Kier molecular flexibility index (Phi) is 13.0. The highest BCUT2D eigenvalue weighted by molar-refractivity contribution is 6.01. The van der Waals surface area contributed by atoms with Crippen molar-refractivity contribution in [3.05, 3.63) is 57.7 Å². The molecule has 368 valence electrons. The summed E-state index contributed by atoms with van der Waals surface area (Å²) in [5, 5.41) is 23.5. The number of esters is 3. The highest BCUT2D eigenvalue weighted by Crippen LogP contribution is 2.67. The SMILES string of the molecule is COc1c(N2CCN(C(=O)OC(C)(C)C)C(C)C2)c(F)cc2c(=O)c(C(=O)OCOC(=O)CCC(=O)OCC(=O)[C@@]3(O)CCC4C5CCC6=CC(=O)C=C[C@]6(C)C5C(O)C[C@@]43C)cn(C3CC3)c12. The molecule has 5 aliphatic carbocycles. The van der Waals surface area contributed by atoms with Crippen LogP contribution in [-0.4, -0.2) is 119 Å². The van der Waals surface area contributed by atoms with Gasteiger partial charge in [0.1, 0.15) is 22.5 Å². The number of ketones is 2. The third-order valence-corrected chi connectivity index (χ3v) is 15.6. The number of allylic oxidation sites excluding steroid dienone is 4. The maximum Gasteiger partial charge on any atom is 0.410 e. The smallest absolute Gasteiger partial charge is 0.410 e. The summed E-state index contributed by atoms with van der Waals surface area (Å²) < 4.78 is 44.6. The average molecular weight is 948 g/mol. The fourth-order valence-corrected chi connectivity index (χ4v) is 12.1. The molecule has 2 aromatic rings. The number of ether oxygens (including phenoxy) is 5. The molecule has 8 rings (SSSR count). The van der Waals surface area contributed by atoms with Gasteiger partial charge in [-0.1, -0.05) is 25.5 Å². The van der Waals surface area contributed by atoms with E-state index in [-0.39, 0.29) is 84.9 Å². The lowest BCUT2D eigenvalue weighted by Crippen LogP contribution is -2.61. The van der Waals surface area contributed by atoms with Crippen LogP contribution in [0, 0.1) is 34.4 Å². The lowest BCUT2D eigenvalue weighted by Gasteiger charge is -2.59. The van der Waals surface area contributed by atoms with Crippen molar-refractivity contribution in [1.29, 1.82) is 0 Å². The molecule has 2 N–H and O–H groups in total. The number of Topliss-reactive ketones (excluding diaryl/α,β-unsaturated/α-hetero) is 1. The minimum Gasteiger partial charge on any atom is -0.492 e. The fraction of sp³-hybridized carbons (Fsp3) is 0.620. The van der Waals surface area contributed by atoms with E-state index in [1.54, 1.807) is 47.3 Å². The molecular weight excluding hydrogens is 886 g/mol. The zero-order valence-corrected chi connectivity index (χ0v) is 39.8. The molecule has 1 amide bonds. The molecule has 6 aliphatic rings. The van der Waals surface area contributed by atoms with Gasteiger partial charge in [0.05, 0.1) is 37.0 Å². The molecule has 4 saturated carbocycles. The molecule has 5 unspecified atom stereocenters. The number of halogens is 1. The first-order chi connectivity index (χ1) is 32.0. The quantitative estimate of drug-likeness (QED) is 0.153. The third kappa shape index (κ3) is 8.71. The summed E-state index contributed by atoms with van der Waals surface area (Å²) in [5.74, 6) is -4.69. The Morgan fingerprint density at radius 2 is 1.68 bits per heavy atom. The van der Waals surface area contributed by atoms with Crippen molar-refractivity contribution >= 4 is 52.2 Å². The second-order valence-corrected chi connectivity index (χ2v) is 20.9. The maximum atomic E-state index is 16.2. The van der Waals surface area contributed by atoms with Gasteiger partial charge in [0.15, 0.2) is 24.0 Å². The molecule has 1 aliphatic heterocycles. The summed E-state index contributed by atoms with van der Waals surface area (Å²) in [6.45, 7) is 10.1. The van der Waals surface area contributed by atoms with E-state index in [9.17, 15) is 43.8 Å². The molecule has 5 fully saturated rings. The van der Waals surface area contributed by atoms with E-state index in [0.717, 1.165) is 24.5 Å². The highest BCUT2D eigenvalue weighted by Gasteiger charge is 2.68. The predicted octanol–water partition coefficient (Wildman–Crippen LogP) is 5.49. The van der Waals surface area contributed by atoms with E-state index in [1.807, 2.05) is 26.8 Å². The van der Waals surface area contributed by atoms with E-state index in [1.165, 1.54) is 13.3 Å². The number of methoxy groups -OCH3 is 1. The van der Waals surface area contributed by atoms with Gasteiger partial charge < -0.3 is 48.3 Å². The summed E-state index contributed by atoms with van der Waals surface area (Å²) in [5.41, 5.74) is -3.91. The van der Waals surface area contributed by atoms with Gasteiger partial charge in [-0.25, -0.2) is 14.0 Å². The van der Waals surface area contributed by atoms with Gasteiger partial charge in [0.25, 0.3) is 0 Å². The van der Waals surface area contributed by atoms with E-state index >= 15 is 4.39 Å². The van der Waals surface area contributed by atoms with Gasteiger partial charge in [0, 0.05) is 54.7 Å². The average Bonchev–Trinajstić information content (AvgIpc) is 4.08. The van der Waals surface area contributed by atoms with Crippen LogP contribution in [0.5, 0.6) is 5.75 Å². The number of benzene rings is 1. The van der Waals surface area contributed by atoms with E-state index in [2.05, 4.69) is 0 Å². The Morgan fingerprint density at radius 3 is 2.34 bits per heavy atom. The van der Waals surface area contributed by atoms with Crippen molar-refractivity contribution in [2.45, 2.75) is 129 Å². The van der Waals surface area contributed by atoms with Crippen LogP contribution in [0.2, 0.25) is 0 Å². The topological polar surface area (TPSA) is 218 Å². The van der Waals surface area contributed by atoms with E-state index in [4.69, 9.17) is 23.7 Å². The largest absolute Gasteiger partial charge is 0.492 e. The second kappa shape index (κ2) is 18.0. The van der Waals surface area contributed by atoms with Crippen LogP contribution in [0.4, 0.5) is 14.9 Å². The van der Waals surface area contributed by atoms with Crippen molar-refractivity contribution in [2.24, 2.45) is 28.6 Å². The number of rotatable bonds is 12. The molecule has 17 nitrogen and oxygen atoms in total. The molecule has 1 saturated heterocycles. The molecule has 2 heterocycles. The molecule has 0 bridgehead atoms. The molecule has 18 heteroatoms. The number of aliphatic hydroxyl groups excluding tert-OH is 1. The minimum absolute atomic E-state index is 0.00688. The number of nitrogens with zero attached hydrogens (tertiary/aromatic N) is 3. The predicted molar refractivity (Wildman–Crippen MR) is 242 cm³/mol. The second-order valence-electron chi connectivity index (χ2n) is 20.9. The first kappa shape index (κ1) is 48.8. The van der Waals surface area contributed by atoms with Crippen LogP contribution >= 0.6 is 0 Å². The van der Waals surface area contributed by atoms with E-state index in [0.29, 0.717) is 24.8 Å². The number of aliphatic hydroxyl groups is 2. The Morgan fingerprint density at radius 1 is 0.971 bits per heavy atom. The van der Waals surface area contributed by atoms with Gasteiger partial charge in [-0.15, -0.1) is 0 Å². The zero-order chi connectivity index (χ0) is 49.2. The van der Waals surface area contributed by atoms with Crippen LogP contribution < -0.4 is 15.1 Å². The van der Waals surface area contributed by atoms with Crippen molar-refractivity contribution in [3.8, 4) is 5.75 Å². The molecule has 1 aromatic heterocycles. The Bertz CT molecular complexity index is 2560. The standard InChI is InChI=1S/C50H62FN3O14/c1-27-23-52(18-19-53(27)46(62)68-47(2,3)4)42-35(51)21-32-41(44(42)64-7)54(29-9-10-29)24-33(43(32)60)45(61)67-26-66-39(59)13-12-38(58)65-25-37(57)50(63)17-15-34-31-11-8-28-20-30(55)14-16-48(28,5)40(31)36(56)22-49(34,50)6/h14,16,20-21,24,27,29,31,34,36,40,56,63H,8-13,15,17-19,22-23,25-26H2,1-7H3/t27?,31?,34?,36?,40?,48-,49-,50-/m0/s1. The highest BCUT2D eigenvalue weighted by atomic mass is 19.1. The summed E-state index contributed by atoms with van der Waals surface area (Å²) in [4.78, 5) is 94.5. The fourth-order valence-electron chi connectivity index (χ4n) is 12.1. The number of anilines is 1. The number of pyridine rings is 1. The minimum atomic E-state index is -1.86. The first-order valence-electron chi connectivity index (χ1n) is 23.6. The number of aromatic nitrogens is 1. The molecule has 0 spiro atoms. The van der Waals surface area contributed by atoms with Crippen molar-refractivity contribution in [2.75, 3.05) is 45.0 Å². The Labute approximate surface area is 393 Å². The summed E-state index contributed by atoms with van der Waals surface area (Å²) in [6.07, 6.45) is 7.75. The number of piperazine rings is 1. The monoisotopic (exact) mass is 947 g/mol. The van der Waals surface area contributed by atoms with Gasteiger partial charge >= 0.3 is 24.0 Å². The molecule has 68 heavy (non-hydrogen) atoms. The Balaban J connectivity index is 0.850. The van der Waals surface area contributed by atoms with Crippen molar-refractivity contribution < 1.29 is 67.1 Å². The van der Waals surface area contributed by atoms with Gasteiger partial charge in [-0.3, -0.25) is 24.0 Å². The number of amides is 1. The number of hydrogen-bond acceptors (Lipinski definition) is 15. The van der Waals surface area contributed by atoms with E-state index < -0.39 is 101 Å². The number of hydrogen-bond donors (Lipinski definition) is 2. The number of carbonyl (C=O) groups excluding carboxylic acids is 6.